The molecule has 1 heterocycles. The lowest BCUT2D eigenvalue weighted by atomic mass is 10.1. The second-order valence-corrected chi connectivity index (χ2v) is 8.03. The third-order valence-electron chi connectivity index (χ3n) is 5.37. The van der Waals surface area contributed by atoms with Crippen LogP contribution >= 0.6 is 11.6 Å². The number of likely N-dealkylation sites (tertiary alicyclic amines) is 1. The largest absolute Gasteiger partial charge is 0.493 e. The Bertz CT molecular complexity index is 1080. The first-order valence-electron chi connectivity index (χ1n) is 10.6. The minimum atomic E-state index is -4.52. The van der Waals surface area contributed by atoms with Gasteiger partial charge in [-0.05, 0) is 49.7 Å². The number of carbonyl (C=O) groups is 1. The van der Waals surface area contributed by atoms with Crippen LogP contribution in [0.4, 0.5) is 18.9 Å². The van der Waals surface area contributed by atoms with Gasteiger partial charge in [0.1, 0.15) is 6.61 Å². The van der Waals surface area contributed by atoms with E-state index in [0.29, 0.717) is 30.3 Å². The first kappa shape index (κ1) is 25.7. The molecule has 182 valence electrons. The van der Waals surface area contributed by atoms with E-state index >= 15 is 0 Å². The first-order chi connectivity index (χ1) is 16.2. The van der Waals surface area contributed by atoms with E-state index in [2.05, 4.69) is 22.1 Å². The molecule has 0 saturated carbocycles. The van der Waals surface area contributed by atoms with Crippen molar-refractivity contribution in [1.29, 1.82) is 0 Å². The first-order valence-corrected chi connectivity index (χ1v) is 10.9. The van der Waals surface area contributed by atoms with E-state index in [-0.39, 0.29) is 23.2 Å². The van der Waals surface area contributed by atoms with Crippen molar-refractivity contribution < 1.29 is 32.5 Å². The van der Waals surface area contributed by atoms with Crippen molar-refractivity contribution in [2.75, 3.05) is 38.7 Å². The summed E-state index contributed by atoms with van der Waals surface area (Å²) in [6.45, 7) is 2.15. The van der Waals surface area contributed by atoms with Crippen LogP contribution in [0.5, 0.6) is 11.5 Å². The average Bonchev–Trinajstić information content (AvgIpc) is 3.26. The van der Waals surface area contributed by atoms with E-state index in [0.717, 1.165) is 37.6 Å². The Balaban J connectivity index is 1.59. The molecule has 3 rings (SSSR count). The van der Waals surface area contributed by atoms with E-state index in [9.17, 15) is 23.1 Å². The highest BCUT2D eigenvalue weighted by molar-refractivity contribution is 6.31. The van der Waals surface area contributed by atoms with Crippen LogP contribution in [0.25, 0.3) is 0 Å². The number of hydrogen-bond acceptors (Lipinski definition) is 5. The normalized spacial score (nSPS) is 16.0. The van der Waals surface area contributed by atoms with Crippen molar-refractivity contribution in [1.82, 2.24) is 4.90 Å². The van der Waals surface area contributed by atoms with Crippen molar-refractivity contribution >= 4 is 23.2 Å². The molecule has 2 aromatic carbocycles. The number of halogens is 4. The van der Waals surface area contributed by atoms with Crippen LogP contribution in [-0.2, 0) is 11.0 Å². The molecule has 1 aliphatic rings. The molecule has 6 nitrogen and oxygen atoms in total. The fourth-order valence-electron chi connectivity index (χ4n) is 3.61. The van der Waals surface area contributed by atoms with Gasteiger partial charge in [0.2, 0.25) is 0 Å². The number of methoxy groups -OCH3 is 1. The third-order valence-corrected chi connectivity index (χ3v) is 5.69. The van der Waals surface area contributed by atoms with Gasteiger partial charge in [0, 0.05) is 35.8 Å². The van der Waals surface area contributed by atoms with Gasteiger partial charge < -0.3 is 19.9 Å². The van der Waals surface area contributed by atoms with Crippen LogP contribution in [0.1, 0.15) is 24.0 Å². The molecular weight excluding hydrogens is 473 g/mol. The predicted octanol–water partition coefficient (Wildman–Crippen LogP) is 4.19. The zero-order valence-electron chi connectivity index (χ0n) is 18.4. The molecule has 0 spiro atoms. The summed E-state index contributed by atoms with van der Waals surface area (Å²) in [7, 11) is 1.47. The highest BCUT2D eigenvalue weighted by Gasteiger charge is 2.30. The summed E-state index contributed by atoms with van der Waals surface area (Å²) in [6.07, 6.45) is -2.49. The molecular formula is C24H24ClF3N2O4. The lowest BCUT2D eigenvalue weighted by molar-refractivity contribution is -0.137. The minimum absolute atomic E-state index is 0.104. The topological polar surface area (TPSA) is 71.0 Å². The van der Waals surface area contributed by atoms with Gasteiger partial charge in [-0.25, -0.2) is 0 Å². The lowest BCUT2D eigenvalue weighted by Crippen LogP contribution is -2.35. The van der Waals surface area contributed by atoms with Gasteiger partial charge in [-0.1, -0.05) is 17.5 Å². The van der Waals surface area contributed by atoms with Gasteiger partial charge in [-0.3, -0.25) is 9.69 Å². The number of aliphatic hydroxyl groups is 1. The number of nitrogens with one attached hydrogen (secondary N) is 1. The van der Waals surface area contributed by atoms with E-state index in [1.165, 1.54) is 7.11 Å². The molecule has 2 aromatic rings. The molecule has 0 bridgehead atoms. The fraction of sp³-hybridized carbons (Fsp3) is 0.375. The quantitative estimate of drug-likeness (QED) is 0.562. The van der Waals surface area contributed by atoms with Gasteiger partial charge in [-0.15, -0.1) is 0 Å². The average molecular weight is 497 g/mol. The van der Waals surface area contributed by atoms with Crippen molar-refractivity contribution in [2.24, 2.45) is 0 Å². The molecule has 0 radical (unpaired) electrons. The molecule has 1 saturated heterocycles. The van der Waals surface area contributed by atoms with Crippen molar-refractivity contribution in [2.45, 2.75) is 25.1 Å². The summed E-state index contributed by atoms with van der Waals surface area (Å²) >= 11 is 5.86. The van der Waals surface area contributed by atoms with Crippen LogP contribution in [0.2, 0.25) is 5.02 Å². The van der Waals surface area contributed by atoms with E-state index in [4.69, 9.17) is 21.1 Å². The highest BCUT2D eigenvalue weighted by Crippen LogP contribution is 2.32. The molecule has 1 atom stereocenters. The Hall–Kier alpha value is -2.93. The highest BCUT2D eigenvalue weighted by atomic mass is 35.5. The summed E-state index contributed by atoms with van der Waals surface area (Å²) in [4.78, 5) is 14.4. The molecule has 10 heteroatoms. The Morgan fingerprint density at radius 2 is 2.06 bits per heavy atom. The minimum Gasteiger partial charge on any atom is -0.493 e. The maximum absolute atomic E-state index is 12.7. The molecule has 0 unspecified atom stereocenters. The van der Waals surface area contributed by atoms with Gasteiger partial charge in [0.25, 0.3) is 0 Å². The Labute approximate surface area is 200 Å². The molecule has 1 fully saturated rings. The predicted molar refractivity (Wildman–Crippen MR) is 122 cm³/mol. The van der Waals surface area contributed by atoms with Crippen LogP contribution in [-0.4, -0.2) is 55.4 Å². The molecule has 34 heavy (non-hydrogen) atoms. The van der Waals surface area contributed by atoms with E-state index in [1.807, 2.05) is 0 Å². The maximum Gasteiger partial charge on any atom is 0.416 e. The summed E-state index contributed by atoms with van der Waals surface area (Å²) in [6, 6.07) is 7.75. The second-order valence-electron chi connectivity index (χ2n) is 7.63. The smallest absolute Gasteiger partial charge is 0.416 e. The van der Waals surface area contributed by atoms with Crippen LogP contribution in [0.3, 0.4) is 0 Å². The molecule has 0 aliphatic carbocycles. The van der Waals surface area contributed by atoms with E-state index in [1.54, 1.807) is 18.2 Å². The number of alkyl halides is 3. The van der Waals surface area contributed by atoms with Crippen molar-refractivity contribution in [3.63, 3.8) is 0 Å². The monoisotopic (exact) mass is 496 g/mol. The summed E-state index contributed by atoms with van der Waals surface area (Å²) < 4.78 is 49.3. The number of benzene rings is 2. The third kappa shape index (κ3) is 6.79. The Morgan fingerprint density at radius 1 is 1.26 bits per heavy atom. The zero-order valence-corrected chi connectivity index (χ0v) is 19.2. The number of amides is 1. The summed E-state index contributed by atoms with van der Waals surface area (Å²) in [5.74, 6) is 5.03. The van der Waals surface area contributed by atoms with Crippen LogP contribution in [0, 0.1) is 11.8 Å². The standard InChI is InChI=1S/C24H24ClF3N2O4/c1-33-22-14-18(7-8-21(22)34-12-11-30-10-2-3-19(30)15-31)29-23(32)9-5-16-4-6-17(13-20(16)25)24(26,27)28/h4,6-8,13-14,19,31H,2-3,10-12,15H2,1H3,(H,29,32)/t19-/m0/s1. The second kappa shape index (κ2) is 11.5. The van der Waals surface area contributed by atoms with Crippen molar-refractivity contribution in [3.05, 3.63) is 52.5 Å². The van der Waals surface area contributed by atoms with Gasteiger partial charge in [0.05, 0.1) is 24.3 Å². The Kier molecular flexibility index (Phi) is 8.67. The van der Waals surface area contributed by atoms with Crippen LogP contribution < -0.4 is 14.8 Å². The number of rotatable bonds is 7. The molecule has 1 aliphatic heterocycles. The van der Waals surface area contributed by atoms with Crippen molar-refractivity contribution in [3.8, 4) is 23.3 Å². The maximum atomic E-state index is 12.7. The number of ether oxygens (including phenoxy) is 2. The van der Waals surface area contributed by atoms with E-state index < -0.39 is 17.6 Å². The summed E-state index contributed by atoms with van der Waals surface area (Å²) in [5, 5.41) is 11.8. The summed E-state index contributed by atoms with van der Waals surface area (Å²) in [5.41, 5.74) is -0.384. The SMILES string of the molecule is COc1cc(NC(=O)C#Cc2ccc(C(F)(F)F)cc2Cl)ccc1OCCN1CCC[C@H]1CO. The van der Waals surface area contributed by atoms with Gasteiger partial charge in [0.15, 0.2) is 11.5 Å². The number of carbonyl (C=O) groups excluding carboxylic acids is 1. The Morgan fingerprint density at radius 3 is 2.74 bits per heavy atom. The zero-order chi connectivity index (χ0) is 24.7. The number of hydrogen-bond donors (Lipinski definition) is 2. The number of anilines is 1. The van der Waals surface area contributed by atoms with Crippen LogP contribution in [0.15, 0.2) is 36.4 Å². The van der Waals surface area contributed by atoms with Gasteiger partial charge in [-0.2, -0.15) is 13.2 Å². The fourth-order valence-corrected chi connectivity index (χ4v) is 3.84. The lowest BCUT2D eigenvalue weighted by Gasteiger charge is -2.22. The molecule has 1 amide bonds. The number of aliphatic hydroxyl groups excluding tert-OH is 1. The molecule has 2 N–H and O–H groups in total. The van der Waals surface area contributed by atoms with Gasteiger partial charge >= 0.3 is 12.1 Å². The number of nitrogens with zero attached hydrogens (tertiary/aromatic N) is 1. The molecule has 0 aromatic heterocycles.